The van der Waals surface area contributed by atoms with Crippen molar-refractivity contribution in [2.24, 2.45) is 0 Å². The predicted octanol–water partition coefficient (Wildman–Crippen LogP) is 2.78. The lowest BCUT2D eigenvalue weighted by molar-refractivity contribution is 0.161. The van der Waals surface area contributed by atoms with E-state index in [2.05, 4.69) is 5.32 Å². The highest BCUT2D eigenvalue weighted by Gasteiger charge is 2.16. The molecule has 17 heavy (non-hydrogen) atoms. The molecule has 1 aliphatic carbocycles. The molecule has 2 N–H and O–H groups in total. The molecule has 1 aromatic rings. The number of rotatable bonds is 4. The van der Waals surface area contributed by atoms with Crippen LogP contribution in [-0.2, 0) is 0 Å². The number of nitrogens with one attached hydrogen (secondary N) is 1. The highest BCUT2D eigenvalue weighted by Crippen LogP contribution is 2.19. The van der Waals surface area contributed by atoms with Crippen molar-refractivity contribution >= 4 is 0 Å². The molecule has 0 bridgehead atoms. The van der Waals surface area contributed by atoms with E-state index in [0.29, 0.717) is 18.2 Å². The van der Waals surface area contributed by atoms with E-state index in [1.165, 1.54) is 38.2 Å². The van der Waals surface area contributed by atoms with Crippen molar-refractivity contribution in [3.8, 4) is 0 Å². The molecule has 1 saturated carbocycles. The van der Waals surface area contributed by atoms with E-state index >= 15 is 0 Å². The van der Waals surface area contributed by atoms with Gasteiger partial charge in [-0.05, 0) is 18.9 Å². The van der Waals surface area contributed by atoms with Crippen LogP contribution >= 0.6 is 0 Å². The summed E-state index contributed by atoms with van der Waals surface area (Å²) in [5.74, 6) is -0.328. The molecule has 1 aliphatic rings. The van der Waals surface area contributed by atoms with Gasteiger partial charge in [-0.1, -0.05) is 37.5 Å². The summed E-state index contributed by atoms with van der Waals surface area (Å²) in [6.07, 6.45) is 5.42. The fraction of sp³-hybridized carbons (Fsp3) is 0.571. The van der Waals surface area contributed by atoms with Crippen molar-refractivity contribution in [3.05, 3.63) is 35.6 Å². The smallest absolute Gasteiger partial charge is 0.129 e. The molecular weight excluding hydrogens is 217 g/mol. The van der Waals surface area contributed by atoms with E-state index in [4.69, 9.17) is 0 Å². The first kappa shape index (κ1) is 12.5. The summed E-state index contributed by atoms with van der Waals surface area (Å²) in [5, 5.41) is 13.3. The topological polar surface area (TPSA) is 32.3 Å². The summed E-state index contributed by atoms with van der Waals surface area (Å²) in [7, 11) is 0. The second kappa shape index (κ2) is 6.12. The third kappa shape index (κ3) is 3.51. The molecule has 0 heterocycles. The van der Waals surface area contributed by atoms with Crippen molar-refractivity contribution in [1.29, 1.82) is 0 Å². The first-order valence-electron chi connectivity index (χ1n) is 6.43. The van der Waals surface area contributed by atoms with Crippen LogP contribution in [0, 0.1) is 5.82 Å². The van der Waals surface area contributed by atoms with Crippen LogP contribution in [0.5, 0.6) is 0 Å². The van der Waals surface area contributed by atoms with Gasteiger partial charge in [0.25, 0.3) is 0 Å². The van der Waals surface area contributed by atoms with E-state index in [9.17, 15) is 9.50 Å². The molecule has 0 aromatic heterocycles. The van der Waals surface area contributed by atoms with Gasteiger partial charge in [-0.3, -0.25) is 0 Å². The average Bonchev–Trinajstić information content (AvgIpc) is 2.38. The van der Waals surface area contributed by atoms with Crippen molar-refractivity contribution in [3.63, 3.8) is 0 Å². The Hall–Kier alpha value is -0.930. The van der Waals surface area contributed by atoms with E-state index in [-0.39, 0.29) is 5.82 Å². The van der Waals surface area contributed by atoms with Crippen molar-refractivity contribution in [2.75, 3.05) is 6.54 Å². The van der Waals surface area contributed by atoms with Crippen molar-refractivity contribution < 1.29 is 9.50 Å². The lowest BCUT2D eigenvalue weighted by atomic mass is 9.95. The molecule has 94 valence electrons. The summed E-state index contributed by atoms with van der Waals surface area (Å²) in [6, 6.07) is 6.91. The second-order valence-corrected chi connectivity index (χ2v) is 4.78. The van der Waals surface area contributed by atoms with E-state index in [1.54, 1.807) is 18.2 Å². The van der Waals surface area contributed by atoms with Crippen LogP contribution < -0.4 is 5.32 Å². The highest BCUT2D eigenvalue weighted by molar-refractivity contribution is 5.19. The molecule has 0 amide bonds. The molecule has 3 heteroatoms. The Labute approximate surface area is 102 Å². The average molecular weight is 237 g/mol. The van der Waals surface area contributed by atoms with Crippen LogP contribution in [-0.4, -0.2) is 17.7 Å². The summed E-state index contributed by atoms with van der Waals surface area (Å²) < 4.78 is 13.4. The lowest BCUT2D eigenvalue weighted by Gasteiger charge is -2.24. The fourth-order valence-electron chi connectivity index (χ4n) is 2.44. The molecule has 2 rings (SSSR count). The van der Waals surface area contributed by atoms with Crippen LogP contribution in [0.15, 0.2) is 24.3 Å². The number of aliphatic hydroxyl groups is 1. The standard InChI is InChI=1S/C14H20FNO/c15-13-9-5-4-8-12(13)14(17)10-16-11-6-2-1-3-7-11/h4-5,8-9,11,14,16-17H,1-3,6-7,10H2/t14-/m0/s1. The maximum absolute atomic E-state index is 13.4. The van der Waals surface area contributed by atoms with Gasteiger partial charge >= 0.3 is 0 Å². The van der Waals surface area contributed by atoms with Crippen LogP contribution in [0.3, 0.4) is 0 Å². The third-order valence-electron chi connectivity index (χ3n) is 3.47. The Morgan fingerprint density at radius 2 is 1.94 bits per heavy atom. The van der Waals surface area contributed by atoms with E-state index in [1.807, 2.05) is 0 Å². The molecule has 1 atom stereocenters. The van der Waals surface area contributed by atoms with E-state index in [0.717, 1.165) is 0 Å². The summed E-state index contributed by atoms with van der Waals surface area (Å²) in [6.45, 7) is 0.436. The maximum atomic E-state index is 13.4. The molecule has 0 radical (unpaired) electrons. The zero-order valence-electron chi connectivity index (χ0n) is 10.0. The number of hydrogen-bond donors (Lipinski definition) is 2. The summed E-state index contributed by atoms with van der Waals surface area (Å²) in [4.78, 5) is 0. The van der Waals surface area contributed by atoms with Gasteiger partial charge in [-0.15, -0.1) is 0 Å². The van der Waals surface area contributed by atoms with Crippen molar-refractivity contribution in [2.45, 2.75) is 44.2 Å². The van der Waals surface area contributed by atoms with Crippen LogP contribution in [0.2, 0.25) is 0 Å². The number of aliphatic hydroxyl groups excluding tert-OH is 1. The van der Waals surface area contributed by atoms with Gasteiger partial charge in [0.1, 0.15) is 5.82 Å². The largest absolute Gasteiger partial charge is 0.387 e. The molecule has 0 saturated heterocycles. The minimum Gasteiger partial charge on any atom is -0.387 e. The lowest BCUT2D eigenvalue weighted by Crippen LogP contribution is -2.34. The van der Waals surface area contributed by atoms with Crippen LogP contribution in [0.1, 0.15) is 43.8 Å². The third-order valence-corrected chi connectivity index (χ3v) is 3.47. The summed E-state index contributed by atoms with van der Waals surface area (Å²) >= 11 is 0. The first-order chi connectivity index (χ1) is 8.27. The van der Waals surface area contributed by atoms with Crippen molar-refractivity contribution in [1.82, 2.24) is 5.32 Å². The van der Waals surface area contributed by atoms with Gasteiger partial charge in [0.15, 0.2) is 0 Å². The van der Waals surface area contributed by atoms with E-state index < -0.39 is 6.10 Å². The molecule has 0 unspecified atom stereocenters. The Morgan fingerprint density at radius 1 is 1.24 bits per heavy atom. The number of benzene rings is 1. The Balaban J connectivity index is 1.84. The SMILES string of the molecule is O[C@@H](CNC1CCCCC1)c1ccccc1F. The predicted molar refractivity (Wildman–Crippen MR) is 66.2 cm³/mol. The molecule has 1 aromatic carbocycles. The number of hydrogen-bond acceptors (Lipinski definition) is 2. The van der Waals surface area contributed by atoms with Gasteiger partial charge < -0.3 is 10.4 Å². The molecular formula is C14H20FNO. The van der Waals surface area contributed by atoms with Gasteiger partial charge in [-0.25, -0.2) is 4.39 Å². The monoisotopic (exact) mass is 237 g/mol. The molecule has 1 fully saturated rings. The summed E-state index contributed by atoms with van der Waals surface area (Å²) in [5.41, 5.74) is 0.385. The first-order valence-corrected chi connectivity index (χ1v) is 6.43. The number of halogens is 1. The molecule has 0 spiro atoms. The zero-order chi connectivity index (χ0) is 12.1. The van der Waals surface area contributed by atoms with Crippen LogP contribution in [0.25, 0.3) is 0 Å². The highest BCUT2D eigenvalue weighted by atomic mass is 19.1. The fourth-order valence-corrected chi connectivity index (χ4v) is 2.44. The Morgan fingerprint density at radius 3 is 2.65 bits per heavy atom. The molecule has 2 nitrogen and oxygen atoms in total. The van der Waals surface area contributed by atoms with Crippen LogP contribution in [0.4, 0.5) is 4.39 Å². The second-order valence-electron chi connectivity index (χ2n) is 4.78. The maximum Gasteiger partial charge on any atom is 0.129 e. The zero-order valence-corrected chi connectivity index (χ0v) is 10.0. The Kier molecular flexibility index (Phi) is 4.51. The van der Waals surface area contributed by atoms with Gasteiger partial charge in [0, 0.05) is 18.2 Å². The van der Waals surface area contributed by atoms with Gasteiger partial charge in [-0.2, -0.15) is 0 Å². The Bertz CT molecular complexity index is 350. The minimum atomic E-state index is -0.752. The van der Waals surface area contributed by atoms with Gasteiger partial charge in [0.2, 0.25) is 0 Å². The van der Waals surface area contributed by atoms with Gasteiger partial charge in [0.05, 0.1) is 6.10 Å². The molecule has 0 aliphatic heterocycles. The normalized spacial score (nSPS) is 19.2. The quantitative estimate of drug-likeness (QED) is 0.844. The minimum absolute atomic E-state index is 0.328.